The Kier molecular flexibility index (Phi) is 9.28. The minimum atomic E-state index is -3.12. The molecule has 4 rings (SSSR count). The SMILES string of the molecule is CC(C)(C)[Si](C)(C)O[C@H]1[C@H](F)[C@H](n2ccc(=O)[nH]c2=O)O[C@]1(CO)CO[Si](c1ccccc1)(c1ccccc1)C(C)(C)C. The Morgan fingerprint density at radius 3 is 1.91 bits per heavy atom. The van der Waals surface area contributed by atoms with Crippen molar-refractivity contribution in [1.29, 1.82) is 0 Å². The highest BCUT2D eigenvalue weighted by Crippen LogP contribution is 2.47. The quantitative estimate of drug-likeness (QED) is 0.346. The van der Waals surface area contributed by atoms with E-state index in [0.29, 0.717) is 0 Å². The predicted molar refractivity (Wildman–Crippen MR) is 172 cm³/mol. The number of ether oxygens (including phenoxy) is 1. The zero-order valence-corrected chi connectivity index (χ0v) is 28.4. The number of rotatable bonds is 9. The molecule has 234 valence electrons. The first kappa shape index (κ1) is 33.2. The van der Waals surface area contributed by atoms with Gasteiger partial charge in [-0.2, -0.15) is 0 Å². The van der Waals surface area contributed by atoms with Crippen molar-refractivity contribution in [2.24, 2.45) is 0 Å². The zero-order chi connectivity index (χ0) is 31.8. The Labute approximate surface area is 255 Å². The van der Waals surface area contributed by atoms with Crippen LogP contribution in [0, 0.1) is 0 Å². The number of benzene rings is 2. The molecule has 3 aromatic rings. The lowest BCUT2D eigenvalue weighted by molar-refractivity contribution is -0.145. The summed E-state index contributed by atoms with van der Waals surface area (Å²) in [5.74, 6) is 0. The maximum Gasteiger partial charge on any atom is 0.330 e. The highest BCUT2D eigenvalue weighted by atomic mass is 28.4. The van der Waals surface area contributed by atoms with Crippen molar-refractivity contribution in [3.05, 3.63) is 93.8 Å². The number of halogens is 1. The van der Waals surface area contributed by atoms with Crippen LogP contribution in [0.25, 0.3) is 0 Å². The highest BCUT2D eigenvalue weighted by molar-refractivity contribution is 6.99. The molecule has 2 heterocycles. The van der Waals surface area contributed by atoms with Gasteiger partial charge in [0.05, 0.1) is 13.2 Å². The number of H-pyrrole nitrogens is 1. The Morgan fingerprint density at radius 2 is 1.47 bits per heavy atom. The van der Waals surface area contributed by atoms with Crippen LogP contribution in [0.4, 0.5) is 4.39 Å². The zero-order valence-electron chi connectivity index (χ0n) is 26.4. The van der Waals surface area contributed by atoms with E-state index in [2.05, 4.69) is 50.0 Å². The van der Waals surface area contributed by atoms with Gasteiger partial charge in [-0.1, -0.05) is 102 Å². The van der Waals surface area contributed by atoms with Crippen LogP contribution in [0.1, 0.15) is 47.8 Å². The van der Waals surface area contributed by atoms with Crippen molar-refractivity contribution in [1.82, 2.24) is 9.55 Å². The van der Waals surface area contributed by atoms with Crippen molar-refractivity contribution >= 4 is 27.0 Å². The number of aromatic nitrogens is 2. The van der Waals surface area contributed by atoms with Gasteiger partial charge in [-0.05, 0) is 33.5 Å². The van der Waals surface area contributed by atoms with Gasteiger partial charge in [-0.25, -0.2) is 9.18 Å². The number of nitrogens with zero attached hydrogens (tertiary/aromatic N) is 1. The summed E-state index contributed by atoms with van der Waals surface area (Å²) in [7, 11) is -5.75. The average molecular weight is 629 g/mol. The van der Waals surface area contributed by atoms with E-state index in [-0.39, 0.29) is 16.7 Å². The van der Waals surface area contributed by atoms with E-state index in [1.165, 1.54) is 6.20 Å². The Morgan fingerprint density at radius 1 is 0.930 bits per heavy atom. The summed E-state index contributed by atoms with van der Waals surface area (Å²) < 4.78 is 37.9. The molecule has 0 unspecified atom stereocenters. The molecule has 4 atom stereocenters. The summed E-state index contributed by atoms with van der Waals surface area (Å²) in [4.78, 5) is 26.7. The molecule has 1 aromatic heterocycles. The second-order valence-electron chi connectivity index (χ2n) is 13.9. The van der Waals surface area contributed by atoms with E-state index in [9.17, 15) is 14.7 Å². The molecule has 11 heteroatoms. The van der Waals surface area contributed by atoms with Crippen LogP contribution in [0.2, 0.25) is 23.2 Å². The first-order valence-electron chi connectivity index (χ1n) is 14.7. The number of aliphatic hydroxyl groups excluding tert-OH is 1. The number of aliphatic hydroxyl groups is 1. The summed E-state index contributed by atoms with van der Waals surface area (Å²) in [6.07, 6.45) is -3.33. The second-order valence-corrected chi connectivity index (χ2v) is 23.0. The number of aromatic amines is 1. The third-order valence-corrected chi connectivity index (χ3v) is 18.4. The molecule has 2 N–H and O–H groups in total. The van der Waals surface area contributed by atoms with Crippen LogP contribution in [-0.4, -0.2) is 62.4 Å². The van der Waals surface area contributed by atoms with E-state index in [1.807, 2.05) is 70.3 Å². The Hall–Kier alpha value is -2.68. The number of hydrogen-bond acceptors (Lipinski definition) is 6. The number of hydrogen-bond donors (Lipinski definition) is 2. The van der Waals surface area contributed by atoms with Crippen LogP contribution < -0.4 is 21.6 Å². The van der Waals surface area contributed by atoms with Crippen LogP contribution >= 0.6 is 0 Å². The largest absolute Gasteiger partial charge is 0.408 e. The molecule has 43 heavy (non-hydrogen) atoms. The fourth-order valence-corrected chi connectivity index (χ4v) is 11.5. The van der Waals surface area contributed by atoms with Gasteiger partial charge in [0.1, 0.15) is 11.7 Å². The first-order valence-corrected chi connectivity index (χ1v) is 19.5. The molecular formula is C32H45FN2O6Si2. The lowest BCUT2D eigenvalue weighted by atomic mass is 9.98. The second kappa shape index (κ2) is 12.0. The normalized spacial score (nSPS) is 23.4. The van der Waals surface area contributed by atoms with E-state index in [4.69, 9.17) is 13.6 Å². The van der Waals surface area contributed by atoms with Gasteiger partial charge in [-0.15, -0.1) is 0 Å². The summed E-state index contributed by atoms with van der Waals surface area (Å²) in [6, 6.07) is 21.1. The van der Waals surface area contributed by atoms with E-state index >= 15 is 4.39 Å². The van der Waals surface area contributed by atoms with Gasteiger partial charge < -0.3 is 18.7 Å². The maximum atomic E-state index is 16.7. The lowest BCUT2D eigenvalue weighted by Crippen LogP contribution is -2.68. The third kappa shape index (κ3) is 6.16. The molecule has 0 aliphatic carbocycles. The van der Waals surface area contributed by atoms with Gasteiger partial charge in [0.2, 0.25) is 0 Å². The van der Waals surface area contributed by atoms with Gasteiger partial charge in [0, 0.05) is 12.3 Å². The summed E-state index contributed by atoms with van der Waals surface area (Å²) in [5, 5.41) is 12.4. The van der Waals surface area contributed by atoms with Gasteiger partial charge >= 0.3 is 5.69 Å². The minimum Gasteiger partial charge on any atom is -0.408 e. The molecule has 0 saturated carbocycles. The van der Waals surface area contributed by atoms with Crippen molar-refractivity contribution in [2.45, 2.75) is 88.8 Å². The fraction of sp³-hybridized carbons (Fsp3) is 0.500. The van der Waals surface area contributed by atoms with Crippen molar-refractivity contribution in [2.75, 3.05) is 13.2 Å². The van der Waals surface area contributed by atoms with Crippen LogP contribution in [0.5, 0.6) is 0 Å². The van der Waals surface area contributed by atoms with Crippen LogP contribution in [-0.2, 0) is 13.6 Å². The van der Waals surface area contributed by atoms with Gasteiger partial charge in [0.25, 0.3) is 13.9 Å². The lowest BCUT2D eigenvalue weighted by Gasteiger charge is -2.46. The van der Waals surface area contributed by atoms with Crippen LogP contribution in [0.3, 0.4) is 0 Å². The van der Waals surface area contributed by atoms with Crippen molar-refractivity contribution in [3.8, 4) is 0 Å². The monoisotopic (exact) mass is 628 g/mol. The summed E-state index contributed by atoms with van der Waals surface area (Å²) >= 11 is 0. The summed E-state index contributed by atoms with van der Waals surface area (Å²) in [5.41, 5.74) is -3.07. The molecular weight excluding hydrogens is 584 g/mol. The van der Waals surface area contributed by atoms with Crippen molar-refractivity contribution in [3.63, 3.8) is 0 Å². The van der Waals surface area contributed by atoms with Crippen molar-refractivity contribution < 1.29 is 23.1 Å². The molecule has 2 aromatic carbocycles. The molecule has 0 radical (unpaired) electrons. The highest BCUT2D eigenvalue weighted by Gasteiger charge is 2.61. The Balaban J connectivity index is 1.87. The molecule has 8 nitrogen and oxygen atoms in total. The maximum absolute atomic E-state index is 16.7. The summed E-state index contributed by atoms with van der Waals surface area (Å²) in [6.45, 7) is 15.7. The average Bonchev–Trinajstić information content (AvgIpc) is 3.20. The topological polar surface area (TPSA) is 103 Å². The van der Waals surface area contributed by atoms with Gasteiger partial charge in [0.15, 0.2) is 20.7 Å². The van der Waals surface area contributed by atoms with E-state index in [1.54, 1.807) is 0 Å². The standard InChI is InChI=1S/C32H45FN2O6Si2/c1-30(2,3)42(7,8)41-27-26(33)28(35-20-19-25(37)34-29(35)38)40-32(27,21-36)22-39-43(31(4,5)6,23-15-11-9-12-16-23)24-17-13-10-14-18-24/h9-20,26-28,36H,21-22H2,1-8H3,(H,34,37,38)/t26-,27-,28+,32+/m0/s1. The van der Waals surface area contributed by atoms with E-state index in [0.717, 1.165) is 21.0 Å². The minimum absolute atomic E-state index is 0.189. The molecule has 0 spiro atoms. The molecule has 1 aliphatic heterocycles. The molecule has 0 amide bonds. The Bertz CT molecular complexity index is 1460. The molecule has 1 aliphatic rings. The number of nitrogens with one attached hydrogen (secondary N) is 1. The molecule has 1 saturated heterocycles. The molecule has 0 bridgehead atoms. The van der Waals surface area contributed by atoms with E-state index < -0.39 is 58.6 Å². The predicted octanol–water partition coefficient (Wildman–Crippen LogP) is 4.10. The van der Waals surface area contributed by atoms with Gasteiger partial charge in [-0.3, -0.25) is 14.3 Å². The third-order valence-electron chi connectivity index (χ3n) is 9.01. The fourth-order valence-electron chi connectivity index (χ4n) is 5.60. The molecule has 1 fully saturated rings. The number of alkyl halides is 1. The van der Waals surface area contributed by atoms with Crippen LogP contribution in [0.15, 0.2) is 82.5 Å². The first-order chi connectivity index (χ1) is 20.0. The smallest absolute Gasteiger partial charge is 0.330 e.